The Morgan fingerprint density at radius 2 is 1.67 bits per heavy atom. The molecule has 0 aromatic heterocycles. The molecule has 2 aromatic carbocycles. The molecule has 0 radical (unpaired) electrons. The topological polar surface area (TPSA) is 27.0 Å². The minimum absolute atomic E-state index is 0.0378. The third-order valence-corrected chi connectivity index (χ3v) is 5.75. The van der Waals surface area contributed by atoms with Gasteiger partial charge in [-0.3, -0.25) is 4.90 Å². The molecule has 0 aliphatic rings. The smallest absolute Gasteiger partial charge is 0.128 e. The Hall–Kier alpha value is -2.18. The van der Waals surface area contributed by atoms with Crippen LogP contribution in [0.4, 0.5) is 4.39 Å². The highest BCUT2D eigenvalue weighted by atomic mass is 19.1. The molecule has 3 heteroatoms. The first kappa shape index (κ1) is 21.1. The van der Waals surface area contributed by atoms with Gasteiger partial charge in [-0.1, -0.05) is 69.3 Å². The second-order valence-electron chi connectivity index (χ2n) is 7.65. The number of benzene rings is 2. The lowest BCUT2D eigenvalue weighted by Crippen LogP contribution is -2.37. The Morgan fingerprint density at radius 1 is 1.04 bits per heavy atom. The summed E-state index contributed by atoms with van der Waals surface area (Å²) in [6, 6.07) is 20.0. The molecule has 0 amide bonds. The van der Waals surface area contributed by atoms with E-state index in [9.17, 15) is 9.65 Å². The fraction of sp³-hybridized carbons (Fsp3) is 0.458. The van der Waals surface area contributed by atoms with Crippen molar-refractivity contribution in [1.29, 1.82) is 5.26 Å². The van der Waals surface area contributed by atoms with Crippen LogP contribution in [0.5, 0.6) is 0 Å². The van der Waals surface area contributed by atoms with Gasteiger partial charge in [0.1, 0.15) is 5.82 Å². The molecule has 0 heterocycles. The normalized spacial score (nSPS) is 14.7. The number of hydrogen-bond donors (Lipinski definition) is 0. The minimum atomic E-state index is -0.800. The van der Waals surface area contributed by atoms with Gasteiger partial charge in [0.25, 0.3) is 0 Å². The molecule has 0 N–H and O–H groups in total. The Labute approximate surface area is 163 Å². The van der Waals surface area contributed by atoms with E-state index in [4.69, 9.17) is 0 Å². The van der Waals surface area contributed by atoms with E-state index in [1.165, 1.54) is 11.6 Å². The van der Waals surface area contributed by atoms with Crippen molar-refractivity contribution >= 4 is 0 Å². The van der Waals surface area contributed by atoms with Gasteiger partial charge in [-0.2, -0.15) is 5.26 Å². The maximum Gasteiger partial charge on any atom is 0.128 e. The molecule has 0 saturated heterocycles. The average molecular weight is 367 g/mol. The van der Waals surface area contributed by atoms with Crippen LogP contribution in [0.15, 0.2) is 54.6 Å². The molecular weight excluding hydrogens is 335 g/mol. The minimum Gasteiger partial charge on any atom is -0.297 e. The van der Waals surface area contributed by atoms with Crippen LogP contribution in [-0.4, -0.2) is 17.5 Å². The van der Waals surface area contributed by atoms with Crippen molar-refractivity contribution in [1.82, 2.24) is 4.90 Å². The number of nitrogens with zero attached hydrogens (tertiary/aromatic N) is 2. The van der Waals surface area contributed by atoms with Gasteiger partial charge in [0.2, 0.25) is 0 Å². The van der Waals surface area contributed by atoms with Crippen molar-refractivity contribution in [3.8, 4) is 6.07 Å². The first-order chi connectivity index (χ1) is 12.9. The Morgan fingerprint density at radius 3 is 2.22 bits per heavy atom. The highest BCUT2D eigenvalue weighted by Gasteiger charge is 2.38. The van der Waals surface area contributed by atoms with E-state index in [2.05, 4.69) is 49.1 Å². The first-order valence-electron chi connectivity index (χ1n) is 9.88. The van der Waals surface area contributed by atoms with Gasteiger partial charge in [0, 0.05) is 18.2 Å². The molecule has 2 nitrogen and oxygen atoms in total. The van der Waals surface area contributed by atoms with Crippen LogP contribution in [0.1, 0.15) is 51.7 Å². The second kappa shape index (κ2) is 9.67. The fourth-order valence-corrected chi connectivity index (χ4v) is 3.82. The summed E-state index contributed by atoms with van der Waals surface area (Å²) in [5, 5.41) is 10.0. The van der Waals surface area contributed by atoms with Gasteiger partial charge in [0.05, 0.1) is 11.5 Å². The standard InChI is InChI=1S/C24H31FN2/c1-5-27(17-21-11-7-6-8-12-21)20(4)15-16-24(18-26,19(2)3)22-13-9-10-14-23(22)25/h6-14,19-20H,5,15-17H2,1-4H3. The Bertz CT molecular complexity index is 750. The monoisotopic (exact) mass is 366 g/mol. The van der Waals surface area contributed by atoms with Crippen molar-refractivity contribution in [2.45, 2.75) is 58.5 Å². The molecule has 2 atom stereocenters. The number of hydrogen-bond acceptors (Lipinski definition) is 2. The molecule has 0 fully saturated rings. The largest absolute Gasteiger partial charge is 0.297 e. The van der Waals surface area contributed by atoms with E-state index in [-0.39, 0.29) is 11.7 Å². The summed E-state index contributed by atoms with van der Waals surface area (Å²) in [7, 11) is 0. The zero-order valence-electron chi connectivity index (χ0n) is 17.0. The summed E-state index contributed by atoms with van der Waals surface area (Å²) >= 11 is 0. The SMILES string of the molecule is CCN(Cc1ccccc1)C(C)CCC(C#N)(c1ccccc1F)C(C)C. The third-order valence-electron chi connectivity index (χ3n) is 5.75. The van der Waals surface area contributed by atoms with Crippen molar-refractivity contribution in [3.05, 3.63) is 71.5 Å². The van der Waals surface area contributed by atoms with E-state index in [1.807, 2.05) is 26.0 Å². The van der Waals surface area contributed by atoms with Crippen LogP contribution in [0.2, 0.25) is 0 Å². The highest BCUT2D eigenvalue weighted by Crippen LogP contribution is 2.38. The molecule has 0 bridgehead atoms. The molecule has 144 valence electrons. The highest BCUT2D eigenvalue weighted by molar-refractivity contribution is 5.34. The fourth-order valence-electron chi connectivity index (χ4n) is 3.82. The summed E-state index contributed by atoms with van der Waals surface area (Å²) in [5.74, 6) is -0.243. The van der Waals surface area contributed by atoms with E-state index < -0.39 is 5.41 Å². The van der Waals surface area contributed by atoms with E-state index in [0.717, 1.165) is 19.5 Å². The van der Waals surface area contributed by atoms with Crippen LogP contribution >= 0.6 is 0 Å². The quantitative estimate of drug-likeness (QED) is 0.549. The maximum absolute atomic E-state index is 14.5. The van der Waals surface area contributed by atoms with Gasteiger partial charge < -0.3 is 0 Å². The van der Waals surface area contributed by atoms with Crippen LogP contribution in [-0.2, 0) is 12.0 Å². The molecule has 2 rings (SSSR count). The molecule has 27 heavy (non-hydrogen) atoms. The van der Waals surface area contributed by atoms with Gasteiger partial charge >= 0.3 is 0 Å². The van der Waals surface area contributed by atoms with Crippen molar-refractivity contribution < 1.29 is 4.39 Å². The predicted octanol–water partition coefficient (Wildman–Crippen LogP) is 5.93. The Balaban J connectivity index is 2.16. The Kier molecular flexibility index (Phi) is 7.56. The zero-order valence-corrected chi connectivity index (χ0v) is 17.0. The molecule has 0 saturated carbocycles. The molecular formula is C24H31FN2. The van der Waals surface area contributed by atoms with Gasteiger partial charge in [-0.25, -0.2) is 4.39 Å². The van der Waals surface area contributed by atoms with Crippen LogP contribution < -0.4 is 0 Å². The number of rotatable bonds is 9. The zero-order chi connectivity index (χ0) is 19.9. The lowest BCUT2D eigenvalue weighted by molar-refractivity contribution is 0.185. The molecule has 2 unspecified atom stereocenters. The summed E-state index contributed by atoms with van der Waals surface area (Å²) in [6.45, 7) is 10.2. The summed E-state index contributed by atoms with van der Waals surface area (Å²) in [5.41, 5.74) is 1.02. The lowest BCUT2D eigenvalue weighted by atomic mass is 9.69. The third kappa shape index (κ3) is 4.96. The molecule has 0 aliphatic heterocycles. The van der Waals surface area contributed by atoms with E-state index in [1.54, 1.807) is 12.1 Å². The van der Waals surface area contributed by atoms with Gasteiger partial charge in [-0.15, -0.1) is 0 Å². The van der Waals surface area contributed by atoms with Gasteiger partial charge in [-0.05, 0) is 43.9 Å². The van der Waals surface area contributed by atoms with E-state index in [0.29, 0.717) is 18.0 Å². The van der Waals surface area contributed by atoms with Crippen LogP contribution in [0, 0.1) is 23.1 Å². The molecule has 0 spiro atoms. The summed E-state index contributed by atoms with van der Waals surface area (Å²) < 4.78 is 14.5. The van der Waals surface area contributed by atoms with Crippen LogP contribution in [0.25, 0.3) is 0 Å². The number of nitriles is 1. The second-order valence-corrected chi connectivity index (χ2v) is 7.65. The molecule has 2 aromatic rings. The van der Waals surface area contributed by atoms with Crippen molar-refractivity contribution in [2.24, 2.45) is 5.92 Å². The van der Waals surface area contributed by atoms with Gasteiger partial charge in [0.15, 0.2) is 0 Å². The average Bonchev–Trinajstić information content (AvgIpc) is 2.68. The summed E-state index contributed by atoms with van der Waals surface area (Å²) in [4.78, 5) is 2.42. The molecule has 0 aliphatic carbocycles. The van der Waals surface area contributed by atoms with Crippen molar-refractivity contribution in [2.75, 3.05) is 6.54 Å². The van der Waals surface area contributed by atoms with Crippen LogP contribution in [0.3, 0.4) is 0 Å². The first-order valence-corrected chi connectivity index (χ1v) is 9.88. The van der Waals surface area contributed by atoms with E-state index >= 15 is 0 Å². The number of halogens is 1. The predicted molar refractivity (Wildman–Crippen MR) is 110 cm³/mol. The summed E-state index contributed by atoms with van der Waals surface area (Å²) in [6.07, 6.45) is 1.50. The maximum atomic E-state index is 14.5. The van der Waals surface area contributed by atoms with Crippen molar-refractivity contribution in [3.63, 3.8) is 0 Å². The lowest BCUT2D eigenvalue weighted by Gasteiger charge is -2.35.